The highest BCUT2D eigenvalue weighted by molar-refractivity contribution is 7.14. The molecule has 0 aliphatic heterocycles. The van der Waals surface area contributed by atoms with Crippen molar-refractivity contribution in [1.82, 2.24) is 0 Å². The van der Waals surface area contributed by atoms with Crippen molar-refractivity contribution in [3.8, 4) is 0 Å². The maximum Gasteiger partial charge on any atom is 0.280 e. The lowest BCUT2D eigenvalue weighted by Gasteiger charge is -2.08. The van der Waals surface area contributed by atoms with Crippen LogP contribution < -0.4 is 16.4 Å². The van der Waals surface area contributed by atoms with Crippen LogP contribution in [0.2, 0.25) is 0 Å². The van der Waals surface area contributed by atoms with Gasteiger partial charge in [-0.05, 0) is 30.5 Å². The van der Waals surface area contributed by atoms with Crippen LogP contribution in [0, 0.1) is 0 Å². The molecule has 0 fully saturated rings. The van der Waals surface area contributed by atoms with Gasteiger partial charge in [0.15, 0.2) is 12.3 Å². The van der Waals surface area contributed by atoms with Crippen LogP contribution in [0.1, 0.15) is 29.1 Å². The average molecular weight is 294 g/mol. The summed E-state index contributed by atoms with van der Waals surface area (Å²) in [5.41, 5.74) is 5.55. The van der Waals surface area contributed by atoms with Gasteiger partial charge in [-0.25, -0.2) is 0 Å². The average Bonchev–Trinajstić information content (AvgIpc) is 3.06. The number of anilines is 1. The molecule has 2 rings (SSSR count). The number of hydrogen-bond acceptors (Lipinski definition) is 4. The number of rotatable bonds is 6. The van der Waals surface area contributed by atoms with Gasteiger partial charge in [-0.1, -0.05) is 0 Å². The molecule has 0 aliphatic carbocycles. The molecule has 7 heteroatoms. The normalized spacial score (nSPS) is 12.1. The molecule has 0 saturated carbocycles. The van der Waals surface area contributed by atoms with E-state index in [0.717, 1.165) is 5.76 Å². The Morgan fingerprint density at radius 3 is 2.95 bits per heavy atom. The van der Waals surface area contributed by atoms with Gasteiger partial charge in [-0.2, -0.15) is 0 Å². The molecule has 5 N–H and O–H groups in total. The Hall–Kier alpha value is -2.12. The summed E-state index contributed by atoms with van der Waals surface area (Å²) >= 11 is 1.27. The first-order valence-corrected chi connectivity index (χ1v) is 6.99. The fraction of sp³-hybridized carbons (Fsp3) is 0.231. The number of thiophene rings is 1. The lowest BCUT2D eigenvalue weighted by Crippen LogP contribution is -2.86. The minimum atomic E-state index is -0.547. The minimum absolute atomic E-state index is 0.0506. The molecule has 0 bridgehead atoms. The van der Waals surface area contributed by atoms with Crippen molar-refractivity contribution in [1.29, 1.82) is 0 Å². The summed E-state index contributed by atoms with van der Waals surface area (Å²) in [6.07, 6.45) is 1.60. The first kappa shape index (κ1) is 14.3. The van der Waals surface area contributed by atoms with E-state index in [1.807, 2.05) is 24.4 Å². The molecule has 1 atom stereocenters. The van der Waals surface area contributed by atoms with E-state index >= 15 is 0 Å². The molecular weight excluding hydrogens is 278 g/mol. The maximum atomic E-state index is 11.8. The van der Waals surface area contributed by atoms with Crippen molar-refractivity contribution in [2.24, 2.45) is 5.73 Å². The molecule has 2 aromatic rings. The molecule has 0 aliphatic rings. The molecule has 0 saturated heterocycles. The number of carbonyl (C=O) groups excluding carboxylic acids is 2. The molecule has 0 radical (unpaired) electrons. The number of quaternary nitrogens is 1. The number of furan rings is 1. The quantitative estimate of drug-likeness (QED) is 0.731. The highest BCUT2D eigenvalue weighted by Crippen LogP contribution is 2.22. The van der Waals surface area contributed by atoms with Gasteiger partial charge in [0.2, 0.25) is 0 Å². The van der Waals surface area contributed by atoms with Gasteiger partial charge < -0.3 is 20.8 Å². The Kier molecular flexibility index (Phi) is 4.54. The van der Waals surface area contributed by atoms with Crippen LogP contribution in [0.5, 0.6) is 0 Å². The molecule has 0 aromatic carbocycles. The number of nitrogens with one attached hydrogen (secondary N) is 1. The lowest BCUT2D eigenvalue weighted by molar-refractivity contribution is -0.684. The molecule has 2 aromatic heterocycles. The van der Waals surface area contributed by atoms with Gasteiger partial charge in [0.05, 0.1) is 11.8 Å². The van der Waals surface area contributed by atoms with E-state index in [1.165, 1.54) is 11.3 Å². The second kappa shape index (κ2) is 6.36. The van der Waals surface area contributed by atoms with Crippen LogP contribution >= 0.6 is 11.3 Å². The fourth-order valence-electron chi connectivity index (χ4n) is 1.73. The number of carbonyl (C=O) groups is 2. The third-order valence-corrected chi connectivity index (χ3v) is 3.66. The first-order chi connectivity index (χ1) is 9.58. The summed E-state index contributed by atoms with van der Waals surface area (Å²) in [5.74, 6) is 0.0783. The van der Waals surface area contributed by atoms with Crippen LogP contribution in [0.25, 0.3) is 0 Å². The van der Waals surface area contributed by atoms with Crippen LogP contribution in [0.3, 0.4) is 0 Å². The van der Waals surface area contributed by atoms with Crippen LogP contribution in [-0.4, -0.2) is 18.4 Å². The SMILES string of the molecule is C[C@@H]([NH2+]CC(=O)Nc1sccc1C(N)=O)c1ccco1. The van der Waals surface area contributed by atoms with Gasteiger partial charge in [-0.3, -0.25) is 9.59 Å². The van der Waals surface area contributed by atoms with Crippen molar-refractivity contribution < 1.29 is 19.3 Å². The third-order valence-electron chi connectivity index (χ3n) is 2.83. The van der Waals surface area contributed by atoms with E-state index in [9.17, 15) is 9.59 Å². The predicted octanol–water partition coefficient (Wildman–Crippen LogP) is 0.703. The summed E-state index contributed by atoms with van der Waals surface area (Å²) in [7, 11) is 0. The van der Waals surface area contributed by atoms with Crippen LogP contribution in [-0.2, 0) is 4.79 Å². The van der Waals surface area contributed by atoms with E-state index < -0.39 is 5.91 Å². The Morgan fingerprint density at radius 2 is 2.30 bits per heavy atom. The number of nitrogens with two attached hydrogens (primary N) is 2. The zero-order chi connectivity index (χ0) is 14.5. The molecule has 0 unspecified atom stereocenters. The Morgan fingerprint density at radius 1 is 1.50 bits per heavy atom. The number of amides is 2. The summed E-state index contributed by atoms with van der Waals surface area (Å²) in [6.45, 7) is 2.18. The van der Waals surface area contributed by atoms with Crippen molar-refractivity contribution in [3.05, 3.63) is 41.2 Å². The second-order valence-electron chi connectivity index (χ2n) is 4.32. The van der Waals surface area contributed by atoms with E-state index in [0.29, 0.717) is 10.6 Å². The monoisotopic (exact) mass is 294 g/mol. The van der Waals surface area contributed by atoms with Gasteiger partial charge in [0.25, 0.3) is 11.8 Å². The smallest absolute Gasteiger partial charge is 0.280 e. The predicted molar refractivity (Wildman–Crippen MR) is 75.4 cm³/mol. The van der Waals surface area contributed by atoms with Crippen molar-refractivity contribution in [3.63, 3.8) is 0 Å². The topological polar surface area (TPSA) is 102 Å². The number of hydrogen-bond donors (Lipinski definition) is 3. The summed E-state index contributed by atoms with van der Waals surface area (Å²) < 4.78 is 5.26. The fourth-order valence-corrected chi connectivity index (χ4v) is 2.54. The van der Waals surface area contributed by atoms with Crippen LogP contribution in [0.4, 0.5) is 5.00 Å². The summed E-state index contributed by atoms with van der Waals surface area (Å²) in [5, 5.41) is 6.74. The molecule has 0 spiro atoms. The summed E-state index contributed by atoms with van der Waals surface area (Å²) in [6, 6.07) is 5.32. The van der Waals surface area contributed by atoms with Gasteiger partial charge >= 0.3 is 0 Å². The van der Waals surface area contributed by atoms with E-state index in [4.69, 9.17) is 10.2 Å². The Balaban J connectivity index is 1.87. The maximum absolute atomic E-state index is 11.8. The van der Waals surface area contributed by atoms with E-state index in [2.05, 4.69) is 5.32 Å². The van der Waals surface area contributed by atoms with E-state index in [-0.39, 0.29) is 18.5 Å². The molecule has 6 nitrogen and oxygen atoms in total. The van der Waals surface area contributed by atoms with Crippen LogP contribution in [0.15, 0.2) is 34.3 Å². The minimum Gasteiger partial charge on any atom is -0.463 e. The summed E-state index contributed by atoms with van der Waals surface area (Å²) in [4.78, 5) is 23.0. The molecule has 2 heterocycles. The largest absolute Gasteiger partial charge is 0.463 e. The number of primary amides is 1. The van der Waals surface area contributed by atoms with Gasteiger partial charge in [0.1, 0.15) is 11.0 Å². The molecule has 2 amide bonds. The molecule has 106 valence electrons. The Bertz CT molecular complexity index is 592. The zero-order valence-electron chi connectivity index (χ0n) is 11.0. The third kappa shape index (κ3) is 3.46. The van der Waals surface area contributed by atoms with Crippen molar-refractivity contribution in [2.45, 2.75) is 13.0 Å². The highest BCUT2D eigenvalue weighted by Gasteiger charge is 2.16. The second-order valence-corrected chi connectivity index (χ2v) is 5.24. The zero-order valence-corrected chi connectivity index (χ0v) is 11.8. The standard InChI is InChI=1S/C13H15N3O3S/c1-8(10-3-2-5-19-10)15-7-11(17)16-13-9(12(14)18)4-6-20-13/h2-6,8,15H,7H2,1H3,(H2,14,18)(H,16,17)/p+1/t8-/m1/s1. The lowest BCUT2D eigenvalue weighted by atomic mass is 10.2. The van der Waals surface area contributed by atoms with Gasteiger partial charge in [0, 0.05) is 0 Å². The molecular formula is C13H16N3O3S+. The highest BCUT2D eigenvalue weighted by atomic mass is 32.1. The van der Waals surface area contributed by atoms with Gasteiger partial charge in [-0.15, -0.1) is 11.3 Å². The van der Waals surface area contributed by atoms with Crippen molar-refractivity contribution >= 4 is 28.2 Å². The van der Waals surface area contributed by atoms with Crippen molar-refractivity contribution in [2.75, 3.05) is 11.9 Å². The van der Waals surface area contributed by atoms with E-state index in [1.54, 1.807) is 17.7 Å². The molecule has 20 heavy (non-hydrogen) atoms. The first-order valence-electron chi connectivity index (χ1n) is 6.12. The Labute approximate surface area is 120 Å².